The highest BCUT2D eigenvalue weighted by molar-refractivity contribution is 6.05. The third-order valence-electron chi connectivity index (χ3n) is 12.1. The predicted molar refractivity (Wildman–Crippen MR) is 221 cm³/mol. The Morgan fingerprint density at radius 3 is 2.38 bits per heavy atom. The third-order valence-corrected chi connectivity index (χ3v) is 12.1. The number of aromatic nitrogens is 2. The number of benzene rings is 3. The Bertz CT molecular complexity index is 2180. The maximum atomic E-state index is 13.2. The summed E-state index contributed by atoms with van der Waals surface area (Å²) in [7, 11) is 1.65. The summed E-state index contributed by atoms with van der Waals surface area (Å²) in [5, 5.41) is 29.3. The Balaban J connectivity index is 0.797. The lowest BCUT2D eigenvalue weighted by molar-refractivity contribution is -0.136. The average molecular weight is 786 g/mol. The summed E-state index contributed by atoms with van der Waals surface area (Å²) in [5.74, 6) is 0.413. The van der Waals surface area contributed by atoms with E-state index in [9.17, 15) is 19.5 Å². The van der Waals surface area contributed by atoms with Gasteiger partial charge >= 0.3 is 0 Å². The number of likely N-dealkylation sites (tertiary alicyclic amines) is 1. The van der Waals surface area contributed by atoms with Gasteiger partial charge in [-0.1, -0.05) is 36.4 Å². The van der Waals surface area contributed by atoms with Gasteiger partial charge in [-0.2, -0.15) is 0 Å². The van der Waals surface area contributed by atoms with Gasteiger partial charge in [0.2, 0.25) is 17.8 Å². The van der Waals surface area contributed by atoms with Crippen LogP contribution in [0.5, 0.6) is 5.75 Å². The molecule has 8 rings (SSSR count). The van der Waals surface area contributed by atoms with Crippen LogP contribution in [-0.4, -0.2) is 93.7 Å². The van der Waals surface area contributed by atoms with E-state index in [0.29, 0.717) is 55.3 Å². The van der Waals surface area contributed by atoms with Crippen molar-refractivity contribution in [3.05, 3.63) is 106 Å². The Morgan fingerprint density at radius 2 is 1.69 bits per heavy atom. The highest BCUT2D eigenvalue weighted by Gasteiger charge is 2.41. The van der Waals surface area contributed by atoms with Gasteiger partial charge in [-0.25, -0.2) is 9.97 Å². The Hall–Kier alpha value is -5.86. The zero-order valence-corrected chi connectivity index (χ0v) is 33.1. The molecule has 5 heterocycles. The number of hydrogen-bond acceptors (Lipinski definition) is 12. The fourth-order valence-corrected chi connectivity index (χ4v) is 8.58. The Morgan fingerprint density at radius 1 is 0.966 bits per heavy atom. The SMILES string of the molecule is COc1ccc(CNc2cnc(NC3CCN(c4ccc(CN5CCC(O)(c6ccc7c(c6)CN(C6CCC(=O)NC6=O)C7=O)CC5)cc4)CC3)nc2C(C)=N)cc1. The maximum absolute atomic E-state index is 13.2. The van der Waals surface area contributed by atoms with Gasteiger partial charge in [-0.15, -0.1) is 0 Å². The molecule has 3 saturated heterocycles. The van der Waals surface area contributed by atoms with Crippen LogP contribution in [0.3, 0.4) is 0 Å². The summed E-state index contributed by atoms with van der Waals surface area (Å²) in [6, 6.07) is 21.8. The van der Waals surface area contributed by atoms with E-state index in [1.165, 1.54) is 11.3 Å². The quantitative estimate of drug-likeness (QED) is 0.0985. The standard InChI is InChI=1S/C44H51N9O5/c1-28(45)40-37(46-24-29-5-10-35(58-2)11-6-29)25-47-43(50-40)48-33-15-19-52(20-16-33)34-8-3-30(4-9-34)26-51-21-17-44(57,18-22-51)32-7-12-36-31(23-32)27-53(42(36)56)38-13-14-39(54)49-41(38)55/h3-12,23,25,33,38,45-46,57H,13-22,24,26-27H2,1-2H3,(H,47,48,50)(H,49,54,55). The molecule has 0 bridgehead atoms. The molecular formula is C44H51N9O5. The first-order valence-electron chi connectivity index (χ1n) is 20.2. The molecule has 0 saturated carbocycles. The van der Waals surface area contributed by atoms with Crippen LogP contribution >= 0.6 is 0 Å². The Kier molecular flexibility index (Phi) is 11.1. The molecular weight excluding hydrogens is 735 g/mol. The van der Waals surface area contributed by atoms with Crippen molar-refractivity contribution in [3.8, 4) is 5.75 Å². The first-order chi connectivity index (χ1) is 28.0. The number of imide groups is 1. The lowest BCUT2D eigenvalue weighted by Crippen LogP contribution is -2.52. The number of ether oxygens (including phenoxy) is 1. The lowest BCUT2D eigenvalue weighted by Gasteiger charge is -2.39. The number of aliphatic hydroxyl groups is 1. The van der Waals surface area contributed by atoms with Crippen molar-refractivity contribution < 1.29 is 24.2 Å². The number of nitrogens with one attached hydrogen (secondary N) is 4. The van der Waals surface area contributed by atoms with Gasteiger partial charge in [-0.05, 0) is 91.6 Å². The van der Waals surface area contributed by atoms with Gasteiger partial charge in [0.1, 0.15) is 17.5 Å². The zero-order valence-electron chi connectivity index (χ0n) is 33.1. The number of fused-ring (bicyclic) bond motifs is 1. The smallest absolute Gasteiger partial charge is 0.255 e. The highest BCUT2D eigenvalue weighted by Crippen LogP contribution is 2.37. The van der Waals surface area contributed by atoms with Crippen LogP contribution in [0.1, 0.15) is 83.8 Å². The van der Waals surface area contributed by atoms with Gasteiger partial charge < -0.3 is 35.7 Å². The van der Waals surface area contributed by atoms with Crippen LogP contribution in [0.15, 0.2) is 72.9 Å². The van der Waals surface area contributed by atoms with Crippen LogP contribution in [0.4, 0.5) is 17.3 Å². The molecule has 1 atom stereocenters. The van der Waals surface area contributed by atoms with Gasteiger partial charge in [0.15, 0.2) is 0 Å². The number of carbonyl (C=O) groups is 3. The van der Waals surface area contributed by atoms with E-state index in [2.05, 4.69) is 55.0 Å². The number of hydrogen-bond donors (Lipinski definition) is 5. The number of nitrogens with zero attached hydrogens (tertiary/aromatic N) is 5. The van der Waals surface area contributed by atoms with Crippen molar-refractivity contribution in [2.45, 2.75) is 82.8 Å². The van der Waals surface area contributed by atoms with E-state index in [1.807, 2.05) is 36.4 Å². The normalized spacial score (nSPS) is 19.8. The fourth-order valence-electron chi connectivity index (χ4n) is 8.58. The number of anilines is 3. The van der Waals surface area contributed by atoms with Crippen LogP contribution in [0.2, 0.25) is 0 Å². The topological polar surface area (TPSA) is 176 Å². The second kappa shape index (κ2) is 16.5. The molecule has 5 N–H and O–H groups in total. The minimum Gasteiger partial charge on any atom is -0.497 e. The molecule has 4 aliphatic heterocycles. The maximum Gasteiger partial charge on any atom is 0.255 e. The molecule has 1 aromatic heterocycles. The molecule has 4 aliphatic rings. The fraction of sp³-hybridized carbons (Fsp3) is 0.409. The van der Waals surface area contributed by atoms with E-state index >= 15 is 0 Å². The average Bonchev–Trinajstić information content (AvgIpc) is 3.56. The molecule has 3 amide bonds. The van der Waals surface area contributed by atoms with Crippen molar-refractivity contribution in [2.24, 2.45) is 0 Å². The molecule has 14 nitrogen and oxygen atoms in total. The summed E-state index contributed by atoms with van der Waals surface area (Å²) in [5.41, 5.74) is 6.39. The molecule has 0 aliphatic carbocycles. The van der Waals surface area contributed by atoms with E-state index in [-0.39, 0.29) is 24.3 Å². The molecule has 302 valence electrons. The lowest BCUT2D eigenvalue weighted by atomic mass is 9.83. The van der Waals surface area contributed by atoms with E-state index in [1.54, 1.807) is 31.2 Å². The second-order valence-electron chi connectivity index (χ2n) is 15.9. The van der Waals surface area contributed by atoms with Crippen molar-refractivity contribution in [1.82, 2.24) is 25.1 Å². The van der Waals surface area contributed by atoms with Crippen LogP contribution in [-0.2, 0) is 34.8 Å². The highest BCUT2D eigenvalue weighted by atomic mass is 16.5. The monoisotopic (exact) mass is 785 g/mol. The van der Waals surface area contributed by atoms with Crippen LogP contribution < -0.4 is 25.6 Å². The number of carbonyl (C=O) groups excluding carboxylic acids is 3. The molecule has 0 spiro atoms. The van der Waals surface area contributed by atoms with Crippen molar-refractivity contribution >= 4 is 40.8 Å². The molecule has 3 fully saturated rings. The third kappa shape index (κ3) is 8.39. The molecule has 1 unspecified atom stereocenters. The van der Waals surface area contributed by atoms with Gasteiger partial charge in [-0.3, -0.25) is 24.6 Å². The van der Waals surface area contributed by atoms with Crippen molar-refractivity contribution in [2.75, 3.05) is 48.8 Å². The summed E-state index contributed by atoms with van der Waals surface area (Å²) in [6.45, 7) is 6.72. The van der Waals surface area contributed by atoms with Crippen LogP contribution in [0.25, 0.3) is 0 Å². The molecule has 58 heavy (non-hydrogen) atoms. The zero-order chi connectivity index (χ0) is 40.4. The van der Waals surface area contributed by atoms with E-state index < -0.39 is 17.6 Å². The first kappa shape index (κ1) is 39.0. The van der Waals surface area contributed by atoms with Gasteiger partial charge in [0.05, 0.1) is 30.3 Å². The van der Waals surface area contributed by atoms with E-state index in [0.717, 1.165) is 73.7 Å². The number of methoxy groups -OCH3 is 1. The number of piperidine rings is 3. The summed E-state index contributed by atoms with van der Waals surface area (Å²) in [6.07, 6.45) is 5.34. The van der Waals surface area contributed by atoms with E-state index in [4.69, 9.17) is 15.1 Å². The molecule has 0 radical (unpaired) electrons. The van der Waals surface area contributed by atoms with Crippen molar-refractivity contribution in [1.29, 1.82) is 5.41 Å². The first-order valence-corrected chi connectivity index (χ1v) is 20.2. The van der Waals surface area contributed by atoms with Gasteiger partial charge in [0.25, 0.3) is 5.91 Å². The Labute approximate surface area is 338 Å². The minimum atomic E-state index is -0.992. The van der Waals surface area contributed by atoms with Gasteiger partial charge in [0, 0.05) is 69.5 Å². The summed E-state index contributed by atoms with van der Waals surface area (Å²) >= 11 is 0. The minimum absolute atomic E-state index is 0.206. The predicted octanol–water partition coefficient (Wildman–Crippen LogP) is 4.81. The second-order valence-corrected chi connectivity index (χ2v) is 15.9. The number of rotatable bonds is 12. The van der Waals surface area contributed by atoms with Crippen LogP contribution in [0, 0.1) is 5.41 Å². The summed E-state index contributed by atoms with van der Waals surface area (Å²) < 4.78 is 5.25. The van der Waals surface area contributed by atoms with Crippen molar-refractivity contribution in [3.63, 3.8) is 0 Å². The largest absolute Gasteiger partial charge is 0.497 e. The molecule has 14 heteroatoms. The summed E-state index contributed by atoms with van der Waals surface area (Å²) in [4.78, 5) is 52.9. The molecule has 4 aromatic rings. The molecule has 3 aromatic carbocycles. The number of amides is 3.